The molecule has 0 N–H and O–H groups in total. The first-order valence-corrected chi connectivity index (χ1v) is 12.6. The summed E-state index contributed by atoms with van der Waals surface area (Å²) in [5, 5.41) is 0. The Morgan fingerprint density at radius 3 is 2.55 bits per heavy atom. The number of fused-ring (bicyclic) bond motifs is 5. The molecule has 29 heavy (non-hydrogen) atoms. The molecule has 3 saturated carbocycles. The molecule has 0 aromatic rings. The van der Waals surface area contributed by atoms with Gasteiger partial charge in [0.05, 0.1) is 0 Å². The average Bonchev–Trinajstić information content (AvgIpc) is 3.03. The molecule has 0 amide bonds. The van der Waals surface area contributed by atoms with E-state index in [2.05, 4.69) is 47.3 Å². The van der Waals surface area contributed by atoms with E-state index in [1.54, 1.807) is 0 Å². The zero-order chi connectivity index (χ0) is 21.0. The highest BCUT2D eigenvalue weighted by atomic mass is 16.1. The number of hydrogen-bond donors (Lipinski definition) is 0. The van der Waals surface area contributed by atoms with E-state index in [9.17, 15) is 4.79 Å². The summed E-state index contributed by atoms with van der Waals surface area (Å²) in [6.07, 6.45) is 14.7. The Hall–Kier alpha value is -0.850. The smallest absolute Gasteiger partial charge is 0.155 e. The van der Waals surface area contributed by atoms with Gasteiger partial charge < -0.3 is 0 Å². The van der Waals surface area contributed by atoms with Crippen LogP contribution in [0.5, 0.6) is 0 Å². The van der Waals surface area contributed by atoms with Crippen LogP contribution in [-0.2, 0) is 4.79 Å². The first-order chi connectivity index (χ1) is 13.7. The molecule has 4 rings (SSSR count). The molecular weight excluding hydrogens is 352 g/mol. The fourth-order valence-corrected chi connectivity index (χ4v) is 8.44. The lowest BCUT2D eigenvalue weighted by molar-refractivity contribution is -0.117. The molecule has 162 valence electrons. The van der Waals surface area contributed by atoms with Crippen molar-refractivity contribution in [1.82, 2.24) is 0 Å². The van der Waals surface area contributed by atoms with Crippen molar-refractivity contribution in [2.75, 3.05) is 0 Å². The maximum Gasteiger partial charge on any atom is 0.155 e. The second-order valence-corrected chi connectivity index (χ2v) is 12.0. The van der Waals surface area contributed by atoms with Gasteiger partial charge in [-0.25, -0.2) is 0 Å². The van der Waals surface area contributed by atoms with E-state index in [-0.39, 0.29) is 0 Å². The Labute approximate surface area is 179 Å². The van der Waals surface area contributed by atoms with Gasteiger partial charge in [0, 0.05) is 6.42 Å². The van der Waals surface area contributed by atoms with E-state index in [1.165, 1.54) is 62.5 Å². The normalized spacial score (nSPS) is 42.7. The minimum absolute atomic E-state index is 0.316. The second kappa shape index (κ2) is 7.69. The predicted octanol–water partition coefficient (Wildman–Crippen LogP) is 7.76. The van der Waals surface area contributed by atoms with E-state index in [0.29, 0.717) is 22.5 Å². The minimum Gasteiger partial charge on any atom is -0.295 e. The molecule has 0 radical (unpaired) electrons. The Kier molecular flexibility index (Phi) is 5.67. The molecule has 0 saturated heterocycles. The summed E-state index contributed by atoms with van der Waals surface area (Å²) in [6, 6.07) is 0. The summed E-state index contributed by atoms with van der Waals surface area (Å²) < 4.78 is 0. The van der Waals surface area contributed by atoms with Crippen LogP contribution in [0.2, 0.25) is 0 Å². The highest BCUT2D eigenvalue weighted by Gasteiger charge is 2.59. The predicted molar refractivity (Wildman–Crippen MR) is 123 cm³/mol. The first-order valence-electron chi connectivity index (χ1n) is 12.6. The average molecular weight is 397 g/mol. The lowest BCUT2D eigenvalue weighted by Gasteiger charge is -2.58. The van der Waals surface area contributed by atoms with Gasteiger partial charge in [-0.05, 0) is 110 Å². The lowest BCUT2D eigenvalue weighted by Crippen LogP contribution is -2.50. The van der Waals surface area contributed by atoms with Gasteiger partial charge in [0.25, 0.3) is 0 Å². The molecule has 3 fully saturated rings. The van der Waals surface area contributed by atoms with Crippen molar-refractivity contribution < 1.29 is 4.79 Å². The third-order valence-electron chi connectivity index (χ3n) is 10.5. The van der Waals surface area contributed by atoms with Crippen molar-refractivity contribution in [3.05, 3.63) is 23.8 Å². The molecule has 0 aromatic heterocycles. The van der Waals surface area contributed by atoms with Crippen LogP contribution in [0, 0.1) is 46.3 Å². The summed E-state index contributed by atoms with van der Waals surface area (Å²) >= 11 is 0. The van der Waals surface area contributed by atoms with Crippen LogP contribution in [0.3, 0.4) is 0 Å². The molecule has 1 unspecified atom stereocenters. The fraction of sp³-hybridized carbons (Fsp3) is 0.821. The highest BCUT2D eigenvalue weighted by Crippen LogP contribution is 2.67. The highest BCUT2D eigenvalue weighted by molar-refractivity contribution is 5.91. The third-order valence-corrected chi connectivity index (χ3v) is 10.5. The monoisotopic (exact) mass is 396 g/mol. The molecular formula is C28H44O. The van der Waals surface area contributed by atoms with E-state index in [0.717, 1.165) is 42.4 Å². The summed E-state index contributed by atoms with van der Waals surface area (Å²) in [7, 11) is 0. The molecule has 4 aliphatic rings. The molecule has 4 aliphatic carbocycles. The SMILES string of the molecule is C=C(CC[C@@H](C)C1CC[C@H]2[C@@H]3CCC4=CC(=O)CC[C@]4(C)[C@H]3CC[C@]12C)C(C)C. The number of carbonyl (C=O) groups excluding carboxylic acids is 1. The van der Waals surface area contributed by atoms with Gasteiger partial charge in [-0.1, -0.05) is 52.3 Å². The van der Waals surface area contributed by atoms with Gasteiger partial charge in [0.15, 0.2) is 5.78 Å². The molecule has 1 heteroatoms. The quantitative estimate of drug-likeness (QED) is 0.434. The van der Waals surface area contributed by atoms with Gasteiger partial charge in [0.1, 0.15) is 0 Å². The topological polar surface area (TPSA) is 17.1 Å². The largest absolute Gasteiger partial charge is 0.295 e. The fourth-order valence-electron chi connectivity index (χ4n) is 8.44. The molecule has 0 heterocycles. The first kappa shape index (κ1) is 21.4. The van der Waals surface area contributed by atoms with E-state index < -0.39 is 0 Å². The van der Waals surface area contributed by atoms with E-state index in [1.807, 2.05) is 0 Å². The Morgan fingerprint density at radius 1 is 1.07 bits per heavy atom. The third kappa shape index (κ3) is 3.49. The summed E-state index contributed by atoms with van der Waals surface area (Å²) in [4.78, 5) is 12.0. The van der Waals surface area contributed by atoms with Crippen LogP contribution in [0.1, 0.15) is 98.8 Å². The summed E-state index contributed by atoms with van der Waals surface area (Å²) in [6.45, 7) is 16.6. The van der Waals surface area contributed by atoms with E-state index >= 15 is 0 Å². The standard InChI is InChI=1S/C28H44O/c1-18(2)19(3)7-8-20(4)24-11-12-25-23-10-9-21-17-22(29)13-15-27(21,5)26(23)14-16-28(24,25)6/h17-18,20,23-26H,3,7-16H2,1-2,4-6H3/t20-,23+,24?,25+,26+,27+,28-/m1/s1. The summed E-state index contributed by atoms with van der Waals surface area (Å²) in [5.74, 6) is 5.35. The lowest BCUT2D eigenvalue weighted by atomic mass is 9.46. The Bertz CT molecular complexity index is 699. The minimum atomic E-state index is 0.316. The van der Waals surface area contributed by atoms with Crippen LogP contribution in [0.25, 0.3) is 0 Å². The van der Waals surface area contributed by atoms with Crippen molar-refractivity contribution >= 4 is 5.78 Å². The molecule has 0 aromatic carbocycles. The van der Waals surface area contributed by atoms with Crippen LogP contribution < -0.4 is 0 Å². The maximum atomic E-state index is 12.0. The van der Waals surface area contributed by atoms with Crippen molar-refractivity contribution in [3.8, 4) is 0 Å². The number of allylic oxidation sites excluding steroid dienone is 2. The molecule has 0 aliphatic heterocycles. The number of carbonyl (C=O) groups is 1. The van der Waals surface area contributed by atoms with Crippen LogP contribution in [0.15, 0.2) is 23.8 Å². The number of ketones is 1. The van der Waals surface area contributed by atoms with Crippen LogP contribution in [0.4, 0.5) is 0 Å². The van der Waals surface area contributed by atoms with Crippen molar-refractivity contribution in [2.45, 2.75) is 98.8 Å². The van der Waals surface area contributed by atoms with Gasteiger partial charge in [-0.3, -0.25) is 4.79 Å². The van der Waals surface area contributed by atoms with Crippen molar-refractivity contribution in [2.24, 2.45) is 46.3 Å². The second-order valence-electron chi connectivity index (χ2n) is 12.0. The van der Waals surface area contributed by atoms with Crippen molar-refractivity contribution in [3.63, 3.8) is 0 Å². The van der Waals surface area contributed by atoms with Crippen LogP contribution in [-0.4, -0.2) is 5.78 Å². The van der Waals surface area contributed by atoms with Gasteiger partial charge in [0.2, 0.25) is 0 Å². The van der Waals surface area contributed by atoms with E-state index in [4.69, 9.17) is 0 Å². The van der Waals surface area contributed by atoms with Crippen LogP contribution >= 0.6 is 0 Å². The number of hydrogen-bond acceptors (Lipinski definition) is 1. The van der Waals surface area contributed by atoms with Crippen molar-refractivity contribution in [1.29, 1.82) is 0 Å². The van der Waals surface area contributed by atoms with Gasteiger partial charge in [-0.2, -0.15) is 0 Å². The zero-order valence-electron chi connectivity index (χ0n) is 19.7. The Balaban J connectivity index is 1.49. The van der Waals surface area contributed by atoms with Gasteiger partial charge in [-0.15, -0.1) is 0 Å². The molecule has 1 nitrogen and oxygen atoms in total. The van der Waals surface area contributed by atoms with Gasteiger partial charge >= 0.3 is 0 Å². The Morgan fingerprint density at radius 2 is 1.83 bits per heavy atom. The zero-order valence-corrected chi connectivity index (χ0v) is 19.7. The summed E-state index contributed by atoms with van der Waals surface area (Å²) in [5.41, 5.74) is 3.80. The number of rotatable bonds is 5. The molecule has 7 atom stereocenters. The molecule has 0 spiro atoms. The molecule has 0 bridgehead atoms. The maximum absolute atomic E-state index is 12.0.